The number of fused-ring (bicyclic) bond motifs is 1. The molecule has 220 valence electrons. The summed E-state index contributed by atoms with van der Waals surface area (Å²) in [5.41, 5.74) is 4.76. The second-order valence-corrected chi connectivity index (χ2v) is 11.8. The maximum Gasteiger partial charge on any atom is 0.306 e. The fourth-order valence-electron chi connectivity index (χ4n) is 6.59. The zero-order valence-electron chi connectivity index (χ0n) is 24.3. The maximum absolute atomic E-state index is 11.9. The van der Waals surface area contributed by atoms with Gasteiger partial charge in [-0.15, -0.1) is 0 Å². The number of hydrogen-bond acceptors (Lipinski definition) is 6. The number of imide groups is 1. The molecule has 2 aromatic rings. The third kappa shape index (κ3) is 6.92. The van der Waals surface area contributed by atoms with E-state index in [-0.39, 0.29) is 23.8 Å². The minimum Gasteiger partial charge on any atom is -0.496 e. The van der Waals surface area contributed by atoms with Crippen molar-refractivity contribution in [3.8, 4) is 11.5 Å². The molecule has 1 unspecified atom stereocenters. The van der Waals surface area contributed by atoms with Crippen LogP contribution in [0.15, 0.2) is 36.4 Å². The molecule has 1 aliphatic carbocycles. The minimum atomic E-state index is -0.667. The minimum absolute atomic E-state index is 0.0705. The molecular weight excluding hydrogens is 520 g/mol. The third-order valence-electron chi connectivity index (χ3n) is 9.15. The van der Waals surface area contributed by atoms with Gasteiger partial charge in [0.25, 0.3) is 0 Å². The lowest BCUT2D eigenvalue weighted by molar-refractivity contribution is -0.143. The number of rotatable bonds is 12. The van der Waals surface area contributed by atoms with Gasteiger partial charge >= 0.3 is 5.97 Å². The zero-order valence-corrected chi connectivity index (χ0v) is 24.3. The smallest absolute Gasteiger partial charge is 0.306 e. The molecule has 8 nitrogen and oxygen atoms in total. The van der Waals surface area contributed by atoms with Crippen molar-refractivity contribution in [1.29, 1.82) is 0 Å². The summed E-state index contributed by atoms with van der Waals surface area (Å²) < 4.78 is 11.5. The van der Waals surface area contributed by atoms with E-state index in [0.717, 1.165) is 80.8 Å². The Morgan fingerprint density at radius 3 is 2.54 bits per heavy atom. The maximum atomic E-state index is 11.9. The summed E-state index contributed by atoms with van der Waals surface area (Å²) >= 11 is 0. The van der Waals surface area contributed by atoms with Gasteiger partial charge in [0, 0.05) is 44.9 Å². The molecule has 2 heterocycles. The van der Waals surface area contributed by atoms with Crippen LogP contribution in [0.3, 0.4) is 0 Å². The van der Waals surface area contributed by atoms with Crippen LogP contribution in [0.2, 0.25) is 0 Å². The third-order valence-corrected chi connectivity index (χ3v) is 9.15. The molecule has 3 aliphatic rings. The van der Waals surface area contributed by atoms with E-state index < -0.39 is 5.97 Å². The van der Waals surface area contributed by atoms with Gasteiger partial charge < -0.3 is 14.6 Å². The van der Waals surface area contributed by atoms with Gasteiger partial charge in [-0.1, -0.05) is 24.3 Å². The van der Waals surface area contributed by atoms with Crippen molar-refractivity contribution in [1.82, 2.24) is 9.80 Å². The quantitative estimate of drug-likeness (QED) is 0.357. The number of carbonyl (C=O) groups excluding carboxylic acids is 2. The normalized spacial score (nSPS) is 21.2. The first kappa shape index (κ1) is 29.1. The monoisotopic (exact) mass is 562 g/mol. The van der Waals surface area contributed by atoms with Crippen molar-refractivity contribution in [3.05, 3.63) is 58.7 Å². The Labute approximate surface area is 242 Å². The van der Waals surface area contributed by atoms with E-state index in [1.165, 1.54) is 16.0 Å². The van der Waals surface area contributed by atoms with E-state index in [1.54, 1.807) is 7.11 Å². The summed E-state index contributed by atoms with van der Waals surface area (Å²) in [5, 5.41) is 9.45. The summed E-state index contributed by atoms with van der Waals surface area (Å²) in [6.45, 7) is 5.10. The molecular formula is C33H42N2O6. The van der Waals surface area contributed by atoms with Gasteiger partial charge in [0.2, 0.25) is 11.8 Å². The fourth-order valence-corrected chi connectivity index (χ4v) is 6.59. The predicted molar refractivity (Wildman–Crippen MR) is 155 cm³/mol. The van der Waals surface area contributed by atoms with Crippen molar-refractivity contribution in [2.24, 2.45) is 11.8 Å². The van der Waals surface area contributed by atoms with Crippen molar-refractivity contribution < 1.29 is 29.0 Å². The molecule has 1 saturated carbocycles. The van der Waals surface area contributed by atoms with Gasteiger partial charge in [0.05, 0.1) is 19.6 Å². The molecule has 2 amide bonds. The Morgan fingerprint density at radius 2 is 1.83 bits per heavy atom. The molecule has 41 heavy (non-hydrogen) atoms. The average molecular weight is 563 g/mol. The number of likely N-dealkylation sites (tertiary alicyclic amines) is 1. The number of carbonyl (C=O) groups is 3. The number of nitrogens with zero attached hydrogens (tertiary/aromatic N) is 2. The lowest BCUT2D eigenvalue weighted by Crippen LogP contribution is -2.34. The first-order valence-electron chi connectivity index (χ1n) is 15.0. The number of ether oxygens (including phenoxy) is 2. The van der Waals surface area contributed by atoms with Crippen LogP contribution in [-0.2, 0) is 33.8 Å². The zero-order chi connectivity index (χ0) is 28.9. The second kappa shape index (κ2) is 13.1. The van der Waals surface area contributed by atoms with Gasteiger partial charge in [-0.05, 0) is 85.8 Å². The number of aryl methyl sites for hydroxylation is 1. The Morgan fingerprint density at radius 1 is 1.07 bits per heavy atom. The standard InChI is InChI=1S/C33H42N2O6/c1-22(27-11-12-29-28(19-27)15-17-41-29)34(20-23-5-9-26(10-6-23)33(38)39)21-24-7-8-25(30(18-24)40-2)4-3-16-35-31(36)13-14-32(35)37/h7-8,11-12,18-19,22-23,26H,3-6,9-10,13-17,20-21H2,1-2H3,(H,38,39)/t22?,23-,26-. The van der Waals surface area contributed by atoms with Crippen LogP contribution < -0.4 is 9.47 Å². The van der Waals surface area contributed by atoms with E-state index >= 15 is 0 Å². The van der Waals surface area contributed by atoms with E-state index in [9.17, 15) is 19.5 Å². The Hall–Kier alpha value is -3.39. The topological polar surface area (TPSA) is 96.4 Å². The Bertz CT molecular complexity index is 1250. The summed E-state index contributed by atoms with van der Waals surface area (Å²) in [7, 11) is 1.68. The number of carboxylic acid groups (broad SMARTS) is 1. The van der Waals surface area contributed by atoms with Gasteiger partial charge in [-0.3, -0.25) is 24.2 Å². The van der Waals surface area contributed by atoms with Gasteiger partial charge in [-0.25, -0.2) is 0 Å². The highest BCUT2D eigenvalue weighted by Gasteiger charge is 2.30. The Balaban J connectivity index is 1.29. The summed E-state index contributed by atoms with van der Waals surface area (Å²) in [5.74, 6) is 1.25. The number of methoxy groups -OCH3 is 1. The molecule has 1 atom stereocenters. The molecule has 2 aliphatic heterocycles. The van der Waals surface area contributed by atoms with E-state index in [4.69, 9.17) is 9.47 Å². The van der Waals surface area contributed by atoms with E-state index in [1.807, 2.05) is 0 Å². The molecule has 2 aromatic carbocycles. The lowest BCUT2D eigenvalue weighted by Gasteiger charge is -2.35. The van der Waals surface area contributed by atoms with Crippen LogP contribution in [0.1, 0.15) is 80.2 Å². The van der Waals surface area contributed by atoms with Crippen LogP contribution in [0, 0.1) is 11.8 Å². The van der Waals surface area contributed by atoms with E-state index in [2.05, 4.69) is 48.2 Å². The molecule has 8 heteroatoms. The molecule has 1 saturated heterocycles. The number of carboxylic acids is 1. The molecule has 2 fully saturated rings. The highest BCUT2D eigenvalue weighted by molar-refractivity contribution is 6.01. The van der Waals surface area contributed by atoms with Crippen molar-refractivity contribution >= 4 is 17.8 Å². The van der Waals surface area contributed by atoms with Crippen molar-refractivity contribution in [3.63, 3.8) is 0 Å². The number of hydrogen-bond donors (Lipinski definition) is 1. The van der Waals surface area contributed by atoms with Crippen molar-refractivity contribution in [2.75, 3.05) is 26.8 Å². The van der Waals surface area contributed by atoms with Crippen LogP contribution in [0.4, 0.5) is 0 Å². The highest BCUT2D eigenvalue weighted by atomic mass is 16.5. The van der Waals surface area contributed by atoms with Crippen LogP contribution in [0.25, 0.3) is 0 Å². The molecule has 0 spiro atoms. The highest BCUT2D eigenvalue weighted by Crippen LogP contribution is 2.35. The number of amides is 2. The van der Waals surface area contributed by atoms with Crippen LogP contribution >= 0.6 is 0 Å². The molecule has 0 radical (unpaired) electrons. The summed E-state index contributed by atoms with van der Waals surface area (Å²) in [4.78, 5) is 39.3. The average Bonchev–Trinajstić information content (AvgIpc) is 3.58. The predicted octanol–water partition coefficient (Wildman–Crippen LogP) is 5.17. The first-order chi connectivity index (χ1) is 19.8. The molecule has 0 bridgehead atoms. The van der Waals surface area contributed by atoms with E-state index in [0.29, 0.717) is 31.7 Å². The summed E-state index contributed by atoms with van der Waals surface area (Å²) in [6, 6.07) is 13.1. The largest absolute Gasteiger partial charge is 0.496 e. The van der Waals surface area contributed by atoms with Gasteiger partial charge in [0.1, 0.15) is 11.5 Å². The summed E-state index contributed by atoms with van der Waals surface area (Å²) in [6.07, 6.45) is 6.38. The van der Waals surface area contributed by atoms with Crippen LogP contribution in [0.5, 0.6) is 11.5 Å². The SMILES string of the molecule is COc1cc(CN(C[C@H]2CC[C@H](C(=O)O)CC2)C(C)c2ccc3c(c2)CCO3)ccc1CCCN1C(=O)CCC1=O. The van der Waals surface area contributed by atoms with Gasteiger partial charge in [-0.2, -0.15) is 0 Å². The van der Waals surface area contributed by atoms with Gasteiger partial charge in [0.15, 0.2) is 0 Å². The van der Waals surface area contributed by atoms with Crippen LogP contribution in [-0.4, -0.2) is 59.5 Å². The molecule has 0 aromatic heterocycles. The Kier molecular flexibility index (Phi) is 9.28. The lowest BCUT2D eigenvalue weighted by atomic mass is 9.81. The first-order valence-corrected chi connectivity index (χ1v) is 15.0. The van der Waals surface area contributed by atoms with Crippen molar-refractivity contribution in [2.45, 2.75) is 77.3 Å². The molecule has 1 N–H and O–H groups in total. The number of aliphatic carboxylic acids is 1. The fraction of sp³-hybridized carbons (Fsp3) is 0.545. The molecule has 5 rings (SSSR count). The second-order valence-electron chi connectivity index (χ2n) is 11.8. The number of benzene rings is 2.